The Morgan fingerprint density at radius 2 is 1.62 bits per heavy atom. The van der Waals surface area contributed by atoms with Crippen molar-refractivity contribution in [1.82, 2.24) is 9.97 Å². The van der Waals surface area contributed by atoms with Crippen molar-refractivity contribution in [3.05, 3.63) is 42.5 Å². The van der Waals surface area contributed by atoms with Crippen molar-refractivity contribution in [1.29, 1.82) is 0 Å². The van der Waals surface area contributed by atoms with E-state index >= 15 is 0 Å². The Balaban J connectivity index is 1.98. The fraction of sp³-hybridized carbons (Fsp3) is 0.143. The van der Waals surface area contributed by atoms with E-state index < -0.39 is 7.60 Å². The van der Waals surface area contributed by atoms with Crippen molar-refractivity contribution in [2.24, 2.45) is 0 Å². The van der Waals surface area contributed by atoms with E-state index in [1.54, 1.807) is 0 Å². The second-order valence-corrected chi connectivity index (χ2v) is 7.49. The Labute approximate surface area is 125 Å². The molecule has 0 fully saturated rings. The van der Waals surface area contributed by atoms with Crippen molar-refractivity contribution in [2.45, 2.75) is 4.90 Å². The molecule has 0 spiro atoms. The Morgan fingerprint density at radius 1 is 0.952 bits per heavy atom. The highest BCUT2D eigenvalue weighted by Crippen LogP contribution is 2.37. The van der Waals surface area contributed by atoms with Crippen molar-refractivity contribution in [2.75, 3.05) is 11.9 Å². The summed E-state index contributed by atoms with van der Waals surface area (Å²) in [7, 11) is -3.96. The minimum absolute atomic E-state index is 0.144. The average Bonchev–Trinajstić information content (AvgIpc) is 2.44. The van der Waals surface area contributed by atoms with Crippen LogP contribution in [0.5, 0.6) is 0 Å². The van der Waals surface area contributed by atoms with Crippen molar-refractivity contribution < 1.29 is 14.4 Å². The van der Waals surface area contributed by atoms with Gasteiger partial charge in [-0.2, -0.15) is 0 Å². The van der Waals surface area contributed by atoms with Gasteiger partial charge in [-0.1, -0.05) is 18.2 Å². The molecule has 0 unspecified atom stereocenters. The maximum absolute atomic E-state index is 10.9. The van der Waals surface area contributed by atoms with Crippen LogP contribution in [0.25, 0.3) is 22.1 Å². The average molecular weight is 320 g/mol. The summed E-state index contributed by atoms with van der Waals surface area (Å²) in [6, 6.07) is 13.3. The molecule has 21 heavy (non-hydrogen) atoms. The fourth-order valence-corrected chi connectivity index (χ4v) is 4.01. The lowest BCUT2D eigenvalue weighted by Gasteiger charge is -2.07. The minimum atomic E-state index is -3.96. The predicted octanol–water partition coefficient (Wildman–Crippen LogP) is 3.05. The molecule has 2 aromatic carbocycles. The summed E-state index contributed by atoms with van der Waals surface area (Å²) in [6.07, 6.45) is -0.144. The number of hydrogen-bond donors (Lipinski definition) is 2. The molecular formula is C14H13N2O3PS. The molecule has 5 nitrogen and oxygen atoms in total. The van der Waals surface area contributed by atoms with Crippen molar-refractivity contribution in [3.8, 4) is 0 Å². The number of fused-ring (bicyclic) bond motifs is 2. The molecule has 2 N–H and O–H groups in total. The van der Waals surface area contributed by atoms with E-state index in [9.17, 15) is 4.57 Å². The van der Waals surface area contributed by atoms with E-state index in [2.05, 4.69) is 9.97 Å². The predicted molar refractivity (Wildman–Crippen MR) is 84.7 cm³/mol. The molecule has 0 atom stereocenters. The Morgan fingerprint density at radius 3 is 2.33 bits per heavy atom. The van der Waals surface area contributed by atoms with E-state index in [-0.39, 0.29) is 6.16 Å². The smallest absolute Gasteiger partial charge is 0.324 e. The summed E-state index contributed by atoms with van der Waals surface area (Å²) in [5.74, 6) is 0.345. The molecule has 0 bridgehead atoms. The Kier molecular flexibility index (Phi) is 3.95. The molecule has 0 radical (unpaired) electrons. The SMILES string of the molecule is O=P(O)(O)CCSc1cccc2nc3ccccc3nc12. The van der Waals surface area contributed by atoms with Gasteiger partial charge < -0.3 is 9.79 Å². The van der Waals surface area contributed by atoms with Gasteiger partial charge in [-0.25, -0.2) is 9.97 Å². The molecule has 0 amide bonds. The highest BCUT2D eigenvalue weighted by molar-refractivity contribution is 7.99. The number of thioether (sulfide) groups is 1. The first-order valence-electron chi connectivity index (χ1n) is 6.36. The highest BCUT2D eigenvalue weighted by atomic mass is 32.2. The van der Waals surface area contributed by atoms with Crippen molar-refractivity contribution >= 4 is 41.4 Å². The Bertz CT molecular complexity index is 850. The number of rotatable bonds is 4. The number of para-hydroxylation sites is 3. The third-order valence-corrected chi connectivity index (χ3v) is 5.13. The first-order chi connectivity index (χ1) is 10.0. The van der Waals surface area contributed by atoms with Gasteiger partial charge in [0.1, 0.15) is 5.52 Å². The lowest BCUT2D eigenvalue weighted by atomic mass is 10.2. The van der Waals surface area contributed by atoms with Gasteiger partial charge in [0.25, 0.3) is 0 Å². The molecular weight excluding hydrogens is 307 g/mol. The molecule has 0 aliphatic rings. The molecule has 1 aromatic heterocycles. The normalized spacial score (nSPS) is 12.1. The second-order valence-electron chi connectivity index (χ2n) is 4.57. The third-order valence-electron chi connectivity index (χ3n) is 2.97. The molecule has 108 valence electrons. The molecule has 0 saturated heterocycles. The molecule has 0 aliphatic carbocycles. The van der Waals surface area contributed by atoms with Crippen LogP contribution < -0.4 is 0 Å². The summed E-state index contributed by atoms with van der Waals surface area (Å²) >= 11 is 1.39. The molecule has 7 heteroatoms. The number of nitrogens with zero attached hydrogens (tertiary/aromatic N) is 2. The van der Waals surface area contributed by atoms with Gasteiger partial charge in [-0.05, 0) is 24.3 Å². The largest absolute Gasteiger partial charge is 0.326 e. The molecule has 3 rings (SSSR count). The summed E-state index contributed by atoms with van der Waals surface area (Å²) in [6.45, 7) is 0. The van der Waals surface area contributed by atoms with Crippen LogP contribution in [0.15, 0.2) is 47.4 Å². The fourth-order valence-electron chi connectivity index (χ4n) is 2.01. The summed E-state index contributed by atoms with van der Waals surface area (Å²) < 4.78 is 10.9. The number of benzene rings is 2. The highest BCUT2D eigenvalue weighted by Gasteiger charge is 2.13. The lowest BCUT2D eigenvalue weighted by molar-refractivity contribution is 0.375. The zero-order chi connectivity index (χ0) is 14.9. The van der Waals surface area contributed by atoms with Crippen LogP contribution in [-0.2, 0) is 4.57 Å². The van der Waals surface area contributed by atoms with Crippen LogP contribution in [0.3, 0.4) is 0 Å². The maximum Gasteiger partial charge on any atom is 0.326 e. The monoisotopic (exact) mass is 320 g/mol. The zero-order valence-corrected chi connectivity index (χ0v) is 12.7. The summed E-state index contributed by atoms with van der Waals surface area (Å²) in [4.78, 5) is 27.9. The van der Waals surface area contributed by atoms with Gasteiger partial charge in [0.2, 0.25) is 0 Å². The summed E-state index contributed by atoms with van der Waals surface area (Å²) in [5, 5.41) is 0. The van der Waals surface area contributed by atoms with Gasteiger partial charge in [-0.3, -0.25) is 4.57 Å². The van der Waals surface area contributed by atoms with E-state index in [4.69, 9.17) is 9.79 Å². The third kappa shape index (κ3) is 3.41. The summed E-state index contributed by atoms with van der Waals surface area (Å²) in [5.41, 5.74) is 3.21. The quantitative estimate of drug-likeness (QED) is 0.437. The maximum atomic E-state index is 10.9. The van der Waals surface area contributed by atoms with Crippen LogP contribution in [0.1, 0.15) is 0 Å². The molecule has 1 heterocycles. The van der Waals surface area contributed by atoms with Crippen molar-refractivity contribution in [3.63, 3.8) is 0 Å². The first kappa shape index (κ1) is 14.5. The molecule has 3 aromatic rings. The standard InChI is InChI=1S/C14H13N2O3PS/c17-20(18,19)8-9-21-13-7-3-6-12-14(13)16-11-5-2-1-4-10(11)15-12/h1-7H,8-9H2,(H2,17,18,19). The van der Waals surface area contributed by atoms with Gasteiger partial charge in [-0.15, -0.1) is 11.8 Å². The topological polar surface area (TPSA) is 83.3 Å². The first-order valence-corrected chi connectivity index (χ1v) is 9.14. The lowest BCUT2D eigenvalue weighted by Crippen LogP contribution is -1.93. The van der Waals surface area contributed by atoms with Crippen LogP contribution in [-0.4, -0.2) is 31.7 Å². The number of hydrogen-bond acceptors (Lipinski definition) is 4. The van der Waals surface area contributed by atoms with Crippen LogP contribution >= 0.6 is 19.4 Å². The zero-order valence-electron chi connectivity index (χ0n) is 11.0. The van der Waals surface area contributed by atoms with Gasteiger partial charge in [0.15, 0.2) is 0 Å². The van der Waals surface area contributed by atoms with E-state index in [1.807, 2.05) is 42.5 Å². The van der Waals surface area contributed by atoms with Crippen LogP contribution in [0.2, 0.25) is 0 Å². The van der Waals surface area contributed by atoms with Crippen LogP contribution in [0.4, 0.5) is 0 Å². The van der Waals surface area contributed by atoms with E-state index in [1.165, 1.54) is 11.8 Å². The minimum Gasteiger partial charge on any atom is -0.324 e. The van der Waals surface area contributed by atoms with E-state index in [0.29, 0.717) is 5.75 Å². The van der Waals surface area contributed by atoms with Crippen LogP contribution in [0, 0.1) is 0 Å². The Hall–Kier alpha value is -1.46. The van der Waals surface area contributed by atoms with Gasteiger partial charge >= 0.3 is 7.60 Å². The van der Waals surface area contributed by atoms with Gasteiger partial charge in [0, 0.05) is 10.6 Å². The second kappa shape index (κ2) is 5.73. The van der Waals surface area contributed by atoms with E-state index in [0.717, 1.165) is 27.0 Å². The van der Waals surface area contributed by atoms with Gasteiger partial charge in [0.05, 0.1) is 22.7 Å². The number of aromatic nitrogens is 2. The molecule has 0 aliphatic heterocycles. The molecule has 0 saturated carbocycles.